The molecule has 8 nitrogen and oxygen atoms in total. The monoisotopic (exact) mass is 339 g/mol. The molecule has 0 saturated carbocycles. The van der Waals surface area contributed by atoms with E-state index in [1.807, 2.05) is 0 Å². The Bertz CT molecular complexity index is 625. The maximum Gasteiger partial charge on any atom is 0.378 e. The van der Waals surface area contributed by atoms with E-state index >= 15 is 0 Å². The minimum Gasteiger partial charge on any atom is -0.463 e. The summed E-state index contributed by atoms with van der Waals surface area (Å²) < 4.78 is 16.1. The molecule has 0 N–H and O–H groups in total. The molecule has 0 spiro atoms. The lowest BCUT2D eigenvalue weighted by molar-refractivity contribution is -0.142. The number of carbonyl (C=O) groups is 2. The van der Waals surface area contributed by atoms with Crippen LogP contribution in [-0.2, 0) is 25.7 Å². The molecule has 0 bridgehead atoms. The Morgan fingerprint density at radius 1 is 1.26 bits per heavy atom. The predicted molar refractivity (Wildman–Crippen MR) is 84.2 cm³/mol. The summed E-state index contributed by atoms with van der Waals surface area (Å²) in [4.78, 5) is 26.3. The number of carbonyl (C=O) groups excluding carboxylic acids is 2. The zero-order valence-electron chi connectivity index (χ0n) is 14.0. The predicted octanol–water partition coefficient (Wildman–Crippen LogP) is 0.831. The molecule has 1 aromatic rings. The number of rotatable bonds is 6. The summed E-state index contributed by atoms with van der Waals surface area (Å²) in [6, 6.07) is 0. The first kappa shape index (κ1) is 18.9. The van der Waals surface area contributed by atoms with Crippen molar-refractivity contribution in [1.82, 2.24) is 14.8 Å². The smallest absolute Gasteiger partial charge is 0.378 e. The second kappa shape index (κ2) is 8.45. The van der Waals surface area contributed by atoms with Gasteiger partial charge in [-0.1, -0.05) is 19.6 Å². The second-order valence-electron chi connectivity index (χ2n) is 5.63. The lowest BCUT2D eigenvalue weighted by Gasteiger charge is -2.06. The standard InChI is InChI=1S/C14H21N3O5Si/c1-11(18)22-8-7-21-10-17-12(6-9-23(3,4)5)15-13(16-17)14(19)20-2/h7-8,10H2,1-5H3. The minimum absolute atomic E-state index is 0.0426. The largest absolute Gasteiger partial charge is 0.463 e. The minimum atomic E-state index is -1.60. The van der Waals surface area contributed by atoms with Crippen molar-refractivity contribution in [2.24, 2.45) is 0 Å². The molecule has 0 saturated heterocycles. The highest BCUT2D eigenvalue weighted by atomic mass is 28.3. The van der Waals surface area contributed by atoms with Crippen molar-refractivity contribution < 1.29 is 23.8 Å². The van der Waals surface area contributed by atoms with Gasteiger partial charge in [-0.05, 0) is 5.92 Å². The van der Waals surface area contributed by atoms with Crippen molar-refractivity contribution >= 4 is 20.0 Å². The summed E-state index contributed by atoms with van der Waals surface area (Å²) in [6.45, 7) is 8.00. The van der Waals surface area contributed by atoms with Crippen LogP contribution in [0.15, 0.2) is 0 Å². The number of esters is 2. The zero-order valence-corrected chi connectivity index (χ0v) is 15.0. The molecule has 23 heavy (non-hydrogen) atoms. The van der Waals surface area contributed by atoms with Crippen molar-refractivity contribution in [3.8, 4) is 11.5 Å². The topological polar surface area (TPSA) is 92.5 Å². The third-order valence-electron chi connectivity index (χ3n) is 2.34. The summed E-state index contributed by atoms with van der Waals surface area (Å²) >= 11 is 0. The van der Waals surface area contributed by atoms with Crippen LogP contribution in [0.3, 0.4) is 0 Å². The van der Waals surface area contributed by atoms with E-state index in [1.54, 1.807) is 0 Å². The number of hydrogen-bond donors (Lipinski definition) is 0. The first-order chi connectivity index (χ1) is 10.7. The highest BCUT2D eigenvalue weighted by Crippen LogP contribution is 2.02. The van der Waals surface area contributed by atoms with Gasteiger partial charge >= 0.3 is 11.9 Å². The molecular formula is C14H21N3O5Si. The normalized spacial score (nSPS) is 10.7. The van der Waals surface area contributed by atoms with E-state index in [0.29, 0.717) is 5.82 Å². The highest BCUT2D eigenvalue weighted by Gasteiger charge is 2.16. The van der Waals surface area contributed by atoms with Gasteiger partial charge in [0.1, 0.15) is 21.4 Å². The maximum absolute atomic E-state index is 11.5. The summed E-state index contributed by atoms with van der Waals surface area (Å²) in [5.74, 6) is 2.19. The zero-order chi connectivity index (χ0) is 17.5. The fraction of sp³-hybridized carbons (Fsp3) is 0.571. The van der Waals surface area contributed by atoms with E-state index in [1.165, 1.54) is 18.7 Å². The van der Waals surface area contributed by atoms with Crippen LogP contribution in [0.5, 0.6) is 0 Å². The van der Waals surface area contributed by atoms with Crippen molar-refractivity contribution in [2.75, 3.05) is 20.3 Å². The quantitative estimate of drug-likeness (QED) is 0.328. The van der Waals surface area contributed by atoms with Crippen LogP contribution in [0.25, 0.3) is 0 Å². The van der Waals surface area contributed by atoms with Gasteiger partial charge in [0.25, 0.3) is 5.82 Å². The van der Waals surface area contributed by atoms with E-state index in [4.69, 9.17) is 9.47 Å². The van der Waals surface area contributed by atoms with Crippen LogP contribution in [0.4, 0.5) is 0 Å². The van der Waals surface area contributed by atoms with Crippen LogP contribution >= 0.6 is 0 Å². The van der Waals surface area contributed by atoms with Gasteiger partial charge < -0.3 is 14.2 Å². The molecule has 0 aliphatic rings. The third-order valence-corrected chi connectivity index (χ3v) is 3.21. The Kier molecular flexibility index (Phi) is 6.93. The van der Waals surface area contributed by atoms with E-state index in [9.17, 15) is 9.59 Å². The highest BCUT2D eigenvalue weighted by molar-refractivity contribution is 6.83. The molecule has 0 unspecified atom stereocenters. The molecule has 126 valence electrons. The number of methoxy groups -OCH3 is 1. The van der Waals surface area contributed by atoms with Gasteiger partial charge in [-0.2, -0.15) is 4.98 Å². The fourth-order valence-electron chi connectivity index (χ4n) is 1.34. The maximum atomic E-state index is 11.5. The summed E-state index contributed by atoms with van der Waals surface area (Å²) in [6.07, 6.45) is 0. The molecule has 0 fully saturated rings. The van der Waals surface area contributed by atoms with Gasteiger partial charge in [0.15, 0.2) is 0 Å². The molecule has 0 aliphatic heterocycles. The lowest BCUT2D eigenvalue weighted by atomic mass is 10.6. The Morgan fingerprint density at radius 2 is 1.96 bits per heavy atom. The molecule has 1 rings (SSSR count). The number of hydrogen-bond acceptors (Lipinski definition) is 7. The average molecular weight is 339 g/mol. The first-order valence-corrected chi connectivity index (χ1v) is 10.5. The van der Waals surface area contributed by atoms with Gasteiger partial charge in [-0.25, -0.2) is 9.48 Å². The Morgan fingerprint density at radius 3 is 2.52 bits per heavy atom. The van der Waals surface area contributed by atoms with Gasteiger partial charge in [-0.15, -0.1) is 10.6 Å². The molecule has 0 aliphatic carbocycles. The molecule has 9 heteroatoms. The average Bonchev–Trinajstić information content (AvgIpc) is 2.86. The Hall–Kier alpha value is -2.18. The van der Waals surface area contributed by atoms with Crippen molar-refractivity contribution in [2.45, 2.75) is 33.3 Å². The van der Waals surface area contributed by atoms with E-state index in [-0.39, 0.29) is 31.7 Å². The summed E-state index contributed by atoms with van der Waals surface area (Å²) in [7, 11) is -0.346. The molecular weight excluding hydrogens is 318 g/mol. The van der Waals surface area contributed by atoms with Gasteiger partial charge in [-0.3, -0.25) is 4.79 Å². The SMILES string of the molecule is COC(=O)c1nc(C#C[Si](C)(C)C)n(COCCOC(C)=O)n1. The van der Waals surface area contributed by atoms with E-state index in [0.717, 1.165) is 0 Å². The molecule has 0 amide bonds. The first-order valence-electron chi connectivity index (χ1n) is 7.00. The molecule has 0 aromatic carbocycles. The number of ether oxygens (including phenoxy) is 3. The second-order valence-corrected chi connectivity index (χ2v) is 10.4. The van der Waals surface area contributed by atoms with Gasteiger partial charge in [0.2, 0.25) is 5.82 Å². The van der Waals surface area contributed by atoms with E-state index < -0.39 is 14.0 Å². The van der Waals surface area contributed by atoms with Crippen LogP contribution in [-0.4, -0.2) is 55.1 Å². The fourth-order valence-corrected chi connectivity index (χ4v) is 1.83. The van der Waals surface area contributed by atoms with Crippen molar-refractivity contribution in [3.63, 3.8) is 0 Å². The van der Waals surface area contributed by atoms with Crippen LogP contribution in [0.2, 0.25) is 19.6 Å². The van der Waals surface area contributed by atoms with Crippen LogP contribution < -0.4 is 0 Å². The summed E-state index contributed by atoms with van der Waals surface area (Å²) in [5, 5.41) is 4.03. The van der Waals surface area contributed by atoms with Gasteiger partial charge in [0.05, 0.1) is 13.7 Å². The van der Waals surface area contributed by atoms with Crippen LogP contribution in [0.1, 0.15) is 23.4 Å². The molecule has 0 radical (unpaired) electrons. The lowest BCUT2D eigenvalue weighted by Crippen LogP contribution is -2.17. The Labute approximate surface area is 136 Å². The molecule has 1 aromatic heterocycles. The third kappa shape index (κ3) is 7.08. The number of aromatic nitrogens is 3. The van der Waals surface area contributed by atoms with E-state index in [2.05, 4.69) is 45.9 Å². The molecule has 1 heterocycles. The van der Waals surface area contributed by atoms with Crippen LogP contribution in [0, 0.1) is 11.5 Å². The van der Waals surface area contributed by atoms with Crippen molar-refractivity contribution in [1.29, 1.82) is 0 Å². The Balaban J connectivity index is 2.81. The number of nitrogens with zero attached hydrogens (tertiary/aromatic N) is 3. The van der Waals surface area contributed by atoms with Crippen molar-refractivity contribution in [3.05, 3.63) is 11.6 Å². The molecule has 0 atom stereocenters. The summed E-state index contributed by atoms with van der Waals surface area (Å²) in [5.41, 5.74) is 3.15. The van der Waals surface area contributed by atoms with Gasteiger partial charge in [0, 0.05) is 6.92 Å².